The Morgan fingerprint density at radius 2 is 1.70 bits per heavy atom. The molecule has 1 nitrogen and oxygen atoms in total. The van der Waals surface area contributed by atoms with Gasteiger partial charge in [0.1, 0.15) is 0 Å². The molecule has 0 aromatic heterocycles. The van der Waals surface area contributed by atoms with E-state index in [1.165, 1.54) is 5.56 Å². The van der Waals surface area contributed by atoms with Crippen molar-refractivity contribution in [2.45, 2.75) is 6.92 Å². The molecule has 0 unspecified atom stereocenters. The van der Waals surface area contributed by atoms with E-state index in [0.717, 1.165) is 5.69 Å². The van der Waals surface area contributed by atoms with Gasteiger partial charge < -0.3 is 0 Å². The fourth-order valence-corrected chi connectivity index (χ4v) is 0.863. The zero-order valence-corrected chi connectivity index (χ0v) is 6.89. The van der Waals surface area contributed by atoms with Crippen LogP contribution in [-0.2, 0) is 0 Å². The van der Waals surface area contributed by atoms with Gasteiger partial charge in [-0.25, -0.2) is 0 Å². The SMILES string of the molecule is Cc1ccc(N(C)Cl)cc1. The van der Waals surface area contributed by atoms with Crippen LogP contribution < -0.4 is 4.42 Å². The average molecular weight is 156 g/mol. The molecule has 1 rings (SSSR count). The Kier molecular flexibility index (Phi) is 2.17. The van der Waals surface area contributed by atoms with Gasteiger partial charge in [0.05, 0.1) is 5.69 Å². The second kappa shape index (κ2) is 2.93. The Morgan fingerprint density at radius 1 is 1.20 bits per heavy atom. The highest BCUT2D eigenvalue weighted by atomic mass is 35.5. The van der Waals surface area contributed by atoms with Crippen LogP contribution in [0.4, 0.5) is 5.69 Å². The molecule has 0 fully saturated rings. The first-order chi connectivity index (χ1) is 4.70. The fraction of sp³-hybridized carbons (Fsp3) is 0.250. The van der Waals surface area contributed by atoms with Crippen LogP contribution in [0.5, 0.6) is 0 Å². The monoisotopic (exact) mass is 155 g/mol. The Hall–Kier alpha value is -0.690. The van der Waals surface area contributed by atoms with Crippen LogP contribution in [0.1, 0.15) is 5.56 Å². The molecular weight excluding hydrogens is 146 g/mol. The van der Waals surface area contributed by atoms with Crippen molar-refractivity contribution in [1.29, 1.82) is 0 Å². The number of halogens is 1. The smallest absolute Gasteiger partial charge is 0.0519 e. The molecule has 2 heteroatoms. The summed E-state index contributed by atoms with van der Waals surface area (Å²) in [7, 11) is 1.81. The second-order valence-corrected chi connectivity index (χ2v) is 2.82. The highest BCUT2D eigenvalue weighted by Gasteiger charge is 1.93. The normalized spacial score (nSPS) is 9.50. The van der Waals surface area contributed by atoms with E-state index in [0.29, 0.717) is 0 Å². The maximum absolute atomic E-state index is 5.69. The van der Waals surface area contributed by atoms with Crippen molar-refractivity contribution in [3.8, 4) is 0 Å². The van der Waals surface area contributed by atoms with Crippen molar-refractivity contribution < 1.29 is 0 Å². The van der Waals surface area contributed by atoms with E-state index in [9.17, 15) is 0 Å². The molecule has 0 N–H and O–H groups in total. The zero-order valence-electron chi connectivity index (χ0n) is 6.13. The summed E-state index contributed by atoms with van der Waals surface area (Å²) in [5, 5.41) is 0. The number of rotatable bonds is 1. The van der Waals surface area contributed by atoms with Crippen LogP contribution in [0.15, 0.2) is 24.3 Å². The number of hydrogen-bond donors (Lipinski definition) is 0. The third kappa shape index (κ3) is 1.64. The van der Waals surface area contributed by atoms with Crippen LogP contribution in [0, 0.1) is 6.92 Å². The third-order valence-electron chi connectivity index (χ3n) is 1.39. The molecular formula is C8H10ClN. The first-order valence-corrected chi connectivity index (χ1v) is 3.50. The largest absolute Gasteiger partial charge is 0.288 e. The first kappa shape index (κ1) is 7.42. The molecule has 0 saturated carbocycles. The van der Waals surface area contributed by atoms with Gasteiger partial charge in [0.15, 0.2) is 0 Å². The Balaban J connectivity index is 2.89. The minimum atomic E-state index is 1.02. The van der Waals surface area contributed by atoms with Crippen LogP contribution in [-0.4, -0.2) is 7.05 Å². The topological polar surface area (TPSA) is 3.24 Å². The molecule has 1 aromatic rings. The van der Waals surface area contributed by atoms with E-state index in [4.69, 9.17) is 11.8 Å². The summed E-state index contributed by atoms with van der Waals surface area (Å²) in [5.74, 6) is 0. The van der Waals surface area contributed by atoms with Crippen LogP contribution >= 0.6 is 11.8 Å². The molecule has 10 heavy (non-hydrogen) atoms. The summed E-state index contributed by atoms with van der Waals surface area (Å²) < 4.78 is 1.57. The van der Waals surface area contributed by atoms with E-state index >= 15 is 0 Å². The van der Waals surface area contributed by atoms with Crippen LogP contribution in [0.2, 0.25) is 0 Å². The maximum atomic E-state index is 5.69. The zero-order chi connectivity index (χ0) is 7.56. The predicted molar refractivity (Wildman–Crippen MR) is 45.4 cm³/mol. The molecule has 1 aromatic carbocycles. The molecule has 0 aliphatic rings. The van der Waals surface area contributed by atoms with Gasteiger partial charge in [-0.15, -0.1) is 0 Å². The fourth-order valence-electron chi connectivity index (χ4n) is 0.750. The molecule has 0 aliphatic carbocycles. The lowest BCUT2D eigenvalue weighted by Crippen LogP contribution is -1.99. The van der Waals surface area contributed by atoms with Crippen molar-refractivity contribution >= 4 is 17.5 Å². The summed E-state index contributed by atoms with van der Waals surface area (Å²) in [6.45, 7) is 2.05. The quantitative estimate of drug-likeness (QED) is 0.564. The Labute approximate surface area is 66.3 Å². The maximum Gasteiger partial charge on any atom is 0.0519 e. The molecule has 0 heterocycles. The molecule has 0 amide bonds. The number of aryl methyl sites for hydroxylation is 1. The standard InChI is InChI=1S/C8H10ClN/c1-7-3-5-8(6-4-7)10(2)9/h3-6H,1-2H3. The molecule has 0 saturated heterocycles. The van der Waals surface area contributed by atoms with Crippen molar-refractivity contribution in [1.82, 2.24) is 0 Å². The van der Waals surface area contributed by atoms with Gasteiger partial charge >= 0.3 is 0 Å². The van der Waals surface area contributed by atoms with Gasteiger partial charge in [-0.1, -0.05) is 17.7 Å². The third-order valence-corrected chi connectivity index (χ3v) is 1.58. The summed E-state index contributed by atoms with van der Waals surface area (Å²) >= 11 is 5.69. The van der Waals surface area contributed by atoms with E-state index in [1.54, 1.807) is 4.42 Å². The van der Waals surface area contributed by atoms with Crippen LogP contribution in [0.3, 0.4) is 0 Å². The van der Waals surface area contributed by atoms with Gasteiger partial charge in [-0.05, 0) is 19.1 Å². The molecule has 0 bridgehead atoms. The van der Waals surface area contributed by atoms with Gasteiger partial charge in [0.25, 0.3) is 0 Å². The van der Waals surface area contributed by atoms with Crippen LogP contribution in [0.25, 0.3) is 0 Å². The molecule has 0 atom stereocenters. The van der Waals surface area contributed by atoms with Gasteiger partial charge in [0, 0.05) is 18.8 Å². The van der Waals surface area contributed by atoms with E-state index in [2.05, 4.69) is 6.92 Å². The average Bonchev–Trinajstić information content (AvgIpc) is 1.88. The summed E-state index contributed by atoms with van der Waals surface area (Å²) in [5.41, 5.74) is 2.27. The number of hydrogen-bond acceptors (Lipinski definition) is 1. The lowest BCUT2D eigenvalue weighted by Gasteiger charge is -2.07. The summed E-state index contributed by atoms with van der Waals surface area (Å²) in [6, 6.07) is 8.05. The van der Waals surface area contributed by atoms with Crippen molar-refractivity contribution in [2.75, 3.05) is 11.5 Å². The summed E-state index contributed by atoms with van der Waals surface area (Å²) in [6.07, 6.45) is 0. The van der Waals surface area contributed by atoms with Gasteiger partial charge in [-0.3, -0.25) is 4.42 Å². The molecule has 54 valence electrons. The van der Waals surface area contributed by atoms with Gasteiger partial charge in [0.2, 0.25) is 0 Å². The molecule has 0 radical (unpaired) electrons. The Morgan fingerprint density at radius 3 is 2.10 bits per heavy atom. The highest BCUT2D eigenvalue weighted by Crippen LogP contribution is 2.14. The summed E-state index contributed by atoms with van der Waals surface area (Å²) in [4.78, 5) is 0. The number of benzene rings is 1. The van der Waals surface area contributed by atoms with Crippen molar-refractivity contribution in [3.05, 3.63) is 29.8 Å². The predicted octanol–water partition coefficient (Wildman–Crippen LogP) is 2.59. The van der Waals surface area contributed by atoms with Crippen molar-refractivity contribution in [2.24, 2.45) is 0 Å². The molecule has 0 aliphatic heterocycles. The highest BCUT2D eigenvalue weighted by molar-refractivity contribution is 6.25. The lowest BCUT2D eigenvalue weighted by atomic mass is 10.2. The lowest BCUT2D eigenvalue weighted by molar-refractivity contribution is 1.33. The van der Waals surface area contributed by atoms with E-state index in [-0.39, 0.29) is 0 Å². The van der Waals surface area contributed by atoms with E-state index < -0.39 is 0 Å². The number of nitrogens with zero attached hydrogens (tertiary/aromatic N) is 1. The van der Waals surface area contributed by atoms with Crippen molar-refractivity contribution in [3.63, 3.8) is 0 Å². The Bertz CT molecular complexity index is 203. The second-order valence-electron chi connectivity index (χ2n) is 2.31. The minimum absolute atomic E-state index is 1.02. The molecule has 0 spiro atoms. The number of anilines is 1. The van der Waals surface area contributed by atoms with Gasteiger partial charge in [-0.2, -0.15) is 0 Å². The van der Waals surface area contributed by atoms with E-state index in [1.807, 2.05) is 31.3 Å². The minimum Gasteiger partial charge on any atom is -0.288 e. The first-order valence-electron chi connectivity index (χ1n) is 3.16.